The van der Waals surface area contributed by atoms with Gasteiger partial charge in [-0.1, -0.05) is 0 Å². The maximum absolute atomic E-state index is 11.1. The summed E-state index contributed by atoms with van der Waals surface area (Å²) in [6, 6.07) is 2.62. The van der Waals surface area contributed by atoms with Crippen molar-refractivity contribution in [2.45, 2.75) is 26.9 Å². The van der Waals surface area contributed by atoms with Gasteiger partial charge in [0.1, 0.15) is 0 Å². The van der Waals surface area contributed by atoms with Crippen molar-refractivity contribution < 1.29 is 34.1 Å². The van der Waals surface area contributed by atoms with Gasteiger partial charge < -0.3 is 24.5 Å². The topological polar surface area (TPSA) is 113 Å². The van der Waals surface area contributed by atoms with E-state index in [1.807, 2.05) is 0 Å². The van der Waals surface area contributed by atoms with Crippen LogP contribution in [-0.4, -0.2) is 23.0 Å². The summed E-state index contributed by atoms with van der Waals surface area (Å²) in [7, 11) is 0. The number of aliphatic hydroxyl groups is 1. The molecule has 0 bridgehead atoms. The fraction of sp³-hybridized carbons (Fsp3) is 0.308. The number of rotatable bonds is 5. The molecule has 0 unspecified atom stereocenters. The van der Waals surface area contributed by atoms with Crippen LogP contribution in [0.3, 0.4) is 0 Å². The molecule has 1 N–H and O–H groups in total. The van der Waals surface area contributed by atoms with E-state index in [2.05, 4.69) is 0 Å². The van der Waals surface area contributed by atoms with E-state index in [0.29, 0.717) is 5.56 Å². The molecule has 108 valence electrons. The second kappa shape index (κ2) is 6.67. The third-order valence-corrected chi connectivity index (χ3v) is 2.21. The highest BCUT2D eigenvalue weighted by molar-refractivity contribution is 5.77. The highest BCUT2D eigenvalue weighted by atomic mass is 16.6. The summed E-state index contributed by atoms with van der Waals surface area (Å²) in [5.74, 6) is -3.07. The summed E-state index contributed by atoms with van der Waals surface area (Å²) in [5, 5.41) is 19.8. The minimum atomic E-state index is -1.40. The number of hydrogen-bond donors (Lipinski definition) is 1. The van der Waals surface area contributed by atoms with Crippen LogP contribution in [0.2, 0.25) is 0 Å². The van der Waals surface area contributed by atoms with Crippen molar-refractivity contribution in [1.29, 1.82) is 0 Å². The number of ether oxygens (including phenoxy) is 2. The highest BCUT2D eigenvalue weighted by Gasteiger charge is 2.17. The zero-order valence-corrected chi connectivity index (χ0v) is 11.0. The number of carboxylic acids is 1. The Balaban J connectivity index is 3.39. The van der Waals surface area contributed by atoms with E-state index in [4.69, 9.17) is 14.6 Å². The molecular weight excluding hydrogens is 268 g/mol. The zero-order chi connectivity index (χ0) is 15.3. The first-order valence-corrected chi connectivity index (χ1v) is 5.66. The SMILES string of the molecule is CC(=O)Oc1cc(CO)cc(CC(=O)[O-])c1OC(C)=O. The molecule has 0 aliphatic rings. The number of benzene rings is 1. The van der Waals surface area contributed by atoms with Crippen LogP contribution in [-0.2, 0) is 27.4 Å². The molecule has 20 heavy (non-hydrogen) atoms. The largest absolute Gasteiger partial charge is 0.550 e. The van der Waals surface area contributed by atoms with Crippen LogP contribution in [0.25, 0.3) is 0 Å². The van der Waals surface area contributed by atoms with Crippen LogP contribution < -0.4 is 14.6 Å². The summed E-state index contributed by atoms with van der Waals surface area (Å²) < 4.78 is 9.76. The van der Waals surface area contributed by atoms with Gasteiger partial charge in [0.2, 0.25) is 0 Å². The number of carbonyl (C=O) groups is 3. The molecule has 1 aromatic rings. The molecule has 7 heteroatoms. The van der Waals surface area contributed by atoms with Crippen LogP contribution in [0, 0.1) is 0 Å². The van der Waals surface area contributed by atoms with Gasteiger partial charge in [0, 0.05) is 31.8 Å². The van der Waals surface area contributed by atoms with Gasteiger partial charge in [0.05, 0.1) is 6.61 Å². The first-order chi connectivity index (χ1) is 9.33. The molecule has 0 aliphatic heterocycles. The standard InChI is InChI=1S/C13H14O7/c1-7(15)19-11-4-9(6-14)3-10(5-12(17)18)13(11)20-8(2)16/h3-4,14H,5-6H2,1-2H3,(H,17,18)/p-1. The van der Waals surface area contributed by atoms with Gasteiger partial charge in [-0.3, -0.25) is 9.59 Å². The lowest BCUT2D eigenvalue weighted by molar-refractivity contribution is -0.304. The fourth-order valence-corrected chi connectivity index (χ4v) is 1.59. The minimum Gasteiger partial charge on any atom is -0.550 e. The summed E-state index contributed by atoms with van der Waals surface area (Å²) in [6.45, 7) is 1.87. The first-order valence-electron chi connectivity index (χ1n) is 5.66. The molecule has 0 radical (unpaired) electrons. The number of carbonyl (C=O) groups excluding carboxylic acids is 3. The van der Waals surface area contributed by atoms with Gasteiger partial charge in [-0.05, 0) is 17.7 Å². The van der Waals surface area contributed by atoms with Gasteiger partial charge in [0.15, 0.2) is 11.5 Å². The third kappa shape index (κ3) is 4.36. The maximum Gasteiger partial charge on any atom is 0.308 e. The molecule has 0 spiro atoms. The Labute approximate surface area is 114 Å². The molecule has 0 saturated carbocycles. The molecule has 0 heterocycles. The van der Waals surface area contributed by atoms with Crippen molar-refractivity contribution in [3.05, 3.63) is 23.3 Å². The van der Waals surface area contributed by atoms with E-state index in [0.717, 1.165) is 13.8 Å². The Morgan fingerprint density at radius 1 is 1.15 bits per heavy atom. The highest BCUT2D eigenvalue weighted by Crippen LogP contribution is 2.34. The second-order valence-corrected chi connectivity index (χ2v) is 3.98. The summed E-state index contributed by atoms with van der Waals surface area (Å²) in [5.41, 5.74) is 0.386. The van der Waals surface area contributed by atoms with Crippen molar-refractivity contribution in [2.24, 2.45) is 0 Å². The lowest BCUT2D eigenvalue weighted by Gasteiger charge is -2.15. The van der Waals surface area contributed by atoms with Crippen molar-refractivity contribution >= 4 is 17.9 Å². The average Bonchev–Trinajstić information content (AvgIpc) is 2.30. The van der Waals surface area contributed by atoms with Gasteiger partial charge in [-0.15, -0.1) is 0 Å². The fourth-order valence-electron chi connectivity index (χ4n) is 1.59. The molecule has 0 fully saturated rings. The van der Waals surface area contributed by atoms with E-state index in [1.165, 1.54) is 12.1 Å². The molecule has 0 aliphatic carbocycles. The number of hydrogen-bond acceptors (Lipinski definition) is 7. The molecule has 7 nitrogen and oxygen atoms in total. The average molecular weight is 281 g/mol. The summed E-state index contributed by atoms with van der Waals surface area (Å²) >= 11 is 0. The molecule has 0 atom stereocenters. The smallest absolute Gasteiger partial charge is 0.308 e. The Kier molecular flexibility index (Phi) is 5.22. The molecule has 1 aromatic carbocycles. The van der Waals surface area contributed by atoms with E-state index < -0.39 is 30.9 Å². The number of aliphatic hydroxyl groups excluding tert-OH is 1. The Hall–Kier alpha value is -2.41. The lowest BCUT2D eigenvalue weighted by Crippen LogP contribution is -2.25. The van der Waals surface area contributed by atoms with E-state index >= 15 is 0 Å². The van der Waals surface area contributed by atoms with E-state index in [1.54, 1.807) is 0 Å². The van der Waals surface area contributed by atoms with Crippen LogP contribution in [0.15, 0.2) is 12.1 Å². The Bertz CT molecular complexity index is 511. The molecule has 0 aromatic heterocycles. The summed E-state index contributed by atoms with van der Waals surface area (Å²) in [4.78, 5) is 32.8. The first kappa shape index (κ1) is 15.6. The van der Waals surface area contributed by atoms with Gasteiger partial charge >= 0.3 is 11.9 Å². The van der Waals surface area contributed by atoms with Crippen LogP contribution in [0.5, 0.6) is 11.5 Å². The van der Waals surface area contributed by atoms with Crippen molar-refractivity contribution in [1.82, 2.24) is 0 Å². The van der Waals surface area contributed by atoms with Gasteiger partial charge in [-0.25, -0.2) is 0 Å². The normalized spacial score (nSPS) is 9.95. The third-order valence-electron chi connectivity index (χ3n) is 2.21. The zero-order valence-electron chi connectivity index (χ0n) is 11.0. The van der Waals surface area contributed by atoms with E-state index in [-0.39, 0.29) is 17.1 Å². The van der Waals surface area contributed by atoms with Gasteiger partial charge in [0.25, 0.3) is 0 Å². The number of esters is 2. The minimum absolute atomic E-state index is 0.0722. The monoisotopic (exact) mass is 281 g/mol. The van der Waals surface area contributed by atoms with Crippen LogP contribution in [0.4, 0.5) is 0 Å². The number of aliphatic carboxylic acids is 1. The van der Waals surface area contributed by atoms with Crippen molar-refractivity contribution in [2.75, 3.05) is 0 Å². The van der Waals surface area contributed by atoms with E-state index in [9.17, 15) is 19.5 Å². The molecule has 0 amide bonds. The van der Waals surface area contributed by atoms with Crippen molar-refractivity contribution in [3.63, 3.8) is 0 Å². The van der Waals surface area contributed by atoms with Crippen LogP contribution in [0.1, 0.15) is 25.0 Å². The predicted octanol–water partition coefficient (Wildman–Crippen LogP) is -0.678. The molecule has 1 rings (SSSR count). The van der Waals surface area contributed by atoms with Crippen molar-refractivity contribution in [3.8, 4) is 11.5 Å². The second-order valence-electron chi connectivity index (χ2n) is 3.98. The Morgan fingerprint density at radius 2 is 1.75 bits per heavy atom. The lowest BCUT2D eigenvalue weighted by atomic mass is 10.1. The van der Waals surface area contributed by atoms with Crippen LogP contribution >= 0.6 is 0 Å². The maximum atomic E-state index is 11.1. The van der Waals surface area contributed by atoms with Gasteiger partial charge in [-0.2, -0.15) is 0 Å². The molecular formula is C13H13O7-. The number of carboxylic acid groups (broad SMARTS) is 1. The Morgan fingerprint density at radius 3 is 2.20 bits per heavy atom. The quantitative estimate of drug-likeness (QED) is 0.562. The predicted molar refractivity (Wildman–Crippen MR) is 63.7 cm³/mol. The molecule has 0 saturated heterocycles. The summed E-state index contributed by atoms with van der Waals surface area (Å²) in [6.07, 6.45) is -0.551.